The first-order valence-electron chi connectivity index (χ1n) is 7.61. The maximum atomic E-state index is 12.7. The molecule has 1 saturated heterocycles. The number of halogens is 3. The van der Waals surface area contributed by atoms with Gasteiger partial charge in [-0.05, 0) is 38.1 Å². The Hall–Kier alpha value is -1.65. The first-order valence-corrected chi connectivity index (χ1v) is 9.09. The van der Waals surface area contributed by atoms with Crippen molar-refractivity contribution < 1.29 is 31.5 Å². The normalized spacial score (nSPS) is 22.2. The highest BCUT2D eigenvalue weighted by atomic mass is 32.2. The SMILES string of the molecule is CN1[C@@H](CC(=O)O)CC[C@H]1CNS(=O)(=O)c1cccc(C(F)(F)F)c1. The second-order valence-electron chi connectivity index (χ2n) is 6.03. The molecule has 0 bridgehead atoms. The number of likely N-dealkylation sites (tertiary alicyclic amines) is 1. The van der Waals surface area contributed by atoms with Crippen LogP contribution in [0, 0.1) is 0 Å². The molecule has 0 radical (unpaired) electrons. The van der Waals surface area contributed by atoms with Crippen LogP contribution >= 0.6 is 0 Å². The molecule has 2 atom stereocenters. The summed E-state index contributed by atoms with van der Waals surface area (Å²) in [5, 5.41) is 8.85. The van der Waals surface area contributed by atoms with E-state index in [4.69, 9.17) is 5.11 Å². The van der Waals surface area contributed by atoms with Crippen LogP contribution in [-0.4, -0.2) is 50.1 Å². The highest BCUT2D eigenvalue weighted by Gasteiger charge is 2.34. The zero-order valence-corrected chi connectivity index (χ0v) is 14.3. The molecule has 6 nitrogen and oxygen atoms in total. The van der Waals surface area contributed by atoms with Crippen molar-refractivity contribution in [2.24, 2.45) is 0 Å². The molecule has 1 aromatic carbocycles. The molecule has 0 unspecified atom stereocenters. The summed E-state index contributed by atoms with van der Waals surface area (Å²) in [5.74, 6) is -0.929. The lowest BCUT2D eigenvalue weighted by molar-refractivity contribution is -0.138. The number of sulfonamides is 1. The van der Waals surface area contributed by atoms with E-state index in [0.29, 0.717) is 18.9 Å². The van der Waals surface area contributed by atoms with Crippen LogP contribution in [0.2, 0.25) is 0 Å². The van der Waals surface area contributed by atoms with Gasteiger partial charge in [0, 0.05) is 18.6 Å². The molecule has 10 heteroatoms. The Morgan fingerprint density at radius 1 is 1.32 bits per heavy atom. The number of rotatable bonds is 6. The van der Waals surface area contributed by atoms with Crippen molar-refractivity contribution in [3.05, 3.63) is 29.8 Å². The van der Waals surface area contributed by atoms with Crippen LogP contribution in [0.4, 0.5) is 13.2 Å². The number of carboxylic acid groups (broad SMARTS) is 1. The third kappa shape index (κ3) is 4.93. The first kappa shape index (κ1) is 19.7. The summed E-state index contributed by atoms with van der Waals surface area (Å²) in [6, 6.07) is 3.16. The zero-order chi connectivity index (χ0) is 18.8. The van der Waals surface area contributed by atoms with Crippen molar-refractivity contribution in [2.45, 2.75) is 42.4 Å². The molecule has 1 aliphatic rings. The predicted molar refractivity (Wildman–Crippen MR) is 83.5 cm³/mol. The topological polar surface area (TPSA) is 86.7 Å². The minimum absolute atomic E-state index is 0.00516. The van der Waals surface area contributed by atoms with Crippen molar-refractivity contribution in [3.63, 3.8) is 0 Å². The Bertz CT molecular complexity index is 737. The fraction of sp³-hybridized carbons (Fsp3) is 0.533. The summed E-state index contributed by atoms with van der Waals surface area (Å²) in [6.45, 7) is 0.00516. The lowest BCUT2D eigenvalue weighted by atomic mass is 10.1. The van der Waals surface area contributed by atoms with E-state index in [1.807, 2.05) is 0 Å². The van der Waals surface area contributed by atoms with Crippen molar-refractivity contribution >= 4 is 16.0 Å². The van der Waals surface area contributed by atoms with Gasteiger partial charge in [-0.15, -0.1) is 0 Å². The number of likely N-dealkylation sites (N-methyl/N-ethyl adjacent to an activating group) is 1. The highest BCUT2D eigenvalue weighted by Crippen LogP contribution is 2.30. The average Bonchev–Trinajstić information content (AvgIpc) is 2.85. The first-order chi connectivity index (χ1) is 11.5. The fourth-order valence-corrected chi connectivity index (χ4v) is 4.03. The minimum Gasteiger partial charge on any atom is -0.481 e. The number of nitrogens with one attached hydrogen (secondary N) is 1. The number of carboxylic acids is 1. The summed E-state index contributed by atoms with van der Waals surface area (Å²) in [6.07, 6.45) is -3.42. The number of benzene rings is 1. The van der Waals surface area contributed by atoms with E-state index in [9.17, 15) is 26.4 Å². The van der Waals surface area contributed by atoms with E-state index in [2.05, 4.69) is 4.72 Å². The van der Waals surface area contributed by atoms with E-state index in [1.165, 1.54) is 0 Å². The van der Waals surface area contributed by atoms with Gasteiger partial charge in [-0.2, -0.15) is 13.2 Å². The molecule has 0 spiro atoms. The lowest BCUT2D eigenvalue weighted by Crippen LogP contribution is -2.41. The number of hydrogen-bond donors (Lipinski definition) is 2. The van der Waals surface area contributed by atoms with Gasteiger partial charge in [0.15, 0.2) is 0 Å². The summed E-state index contributed by atoms with van der Waals surface area (Å²) < 4.78 is 65.0. The smallest absolute Gasteiger partial charge is 0.416 e. The Morgan fingerprint density at radius 2 is 1.96 bits per heavy atom. The average molecular weight is 380 g/mol. The van der Waals surface area contributed by atoms with Gasteiger partial charge in [-0.1, -0.05) is 6.07 Å². The van der Waals surface area contributed by atoms with E-state index >= 15 is 0 Å². The Labute approximate surface area is 143 Å². The van der Waals surface area contributed by atoms with Gasteiger partial charge in [0.25, 0.3) is 0 Å². The van der Waals surface area contributed by atoms with E-state index in [0.717, 1.165) is 18.2 Å². The number of hydrogen-bond acceptors (Lipinski definition) is 4. The van der Waals surface area contributed by atoms with Crippen LogP contribution in [0.5, 0.6) is 0 Å². The Balaban J connectivity index is 2.04. The maximum Gasteiger partial charge on any atom is 0.416 e. The maximum absolute atomic E-state index is 12.7. The van der Waals surface area contributed by atoms with Crippen LogP contribution < -0.4 is 4.72 Å². The van der Waals surface area contributed by atoms with E-state index in [-0.39, 0.29) is 25.0 Å². The number of alkyl halides is 3. The molecule has 2 rings (SSSR count). The monoisotopic (exact) mass is 380 g/mol. The highest BCUT2D eigenvalue weighted by molar-refractivity contribution is 7.89. The van der Waals surface area contributed by atoms with Crippen molar-refractivity contribution in [3.8, 4) is 0 Å². The molecular weight excluding hydrogens is 361 g/mol. The van der Waals surface area contributed by atoms with Crippen LogP contribution in [0.15, 0.2) is 29.2 Å². The van der Waals surface area contributed by atoms with Crippen LogP contribution in [0.1, 0.15) is 24.8 Å². The van der Waals surface area contributed by atoms with Crippen molar-refractivity contribution in [1.82, 2.24) is 9.62 Å². The Morgan fingerprint density at radius 3 is 2.56 bits per heavy atom. The number of aliphatic carboxylic acids is 1. The van der Waals surface area contributed by atoms with Gasteiger partial charge in [-0.3, -0.25) is 9.69 Å². The standard InChI is InChI=1S/C15H19F3N2O4S/c1-20-11(8-14(21)22)5-6-12(20)9-19-25(23,24)13-4-2-3-10(7-13)15(16,17)18/h2-4,7,11-12,19H,5-6,8-9H2,1H3,(H,21,22)/t11-,12+/m1/s1. The molecule has 25 heavy (non-hydrogen) atoms. The second-order valence-corrected chi connectivity index (χ2v) is 7.79. The van der Waals surface area contributed by atoms with Gasteiger partial charge in [0.2, 0.25) is 10.0 Å². The lowest BCUT2D eigenvalue weighted by Gasteiger charge is -2.25. The molecule has 0 aliphatic carbocycles. The van der Waals surface area contributed by atoms with Crippen LogP contribution in [0.25, 0.3) is 0 Å². The molecular formula is C15H19F3N2O4S. The third-order valence-corrected chi connectivity index (χ3v) is 5.80. The largest absolute Gasteiger partial charge is 0.481 e. The van der Waals surface area contributed by atoms with Crippen LogP contribution in [-0.2, 0) is 21.0 Å². The van der Waals surface area contributed by atoms with E-state index in [1.54, 1.807) is 11.9 Å². The molecule has 1 aliphatic heterocycles. The van der Waals surface area contributed by atoms with Crippen molar-refractivity contribution in [1.29, 1.82) is 0 Å². The molecule has 0 amide bonds. The summed E-state index contributed by atoms with van der Waals surface area (Å²) in [5.41, 5.74) is -1.03. The number of nitrogens with zero attached hydrogens (tertiary/aromatic N) is 1. The van der Waals surface area contributed by atoms with Crippen LogP contribution in [0.3, 0.4) is 0 Å². The molecule has 1 fully saturated rings. The summed E-state index contributed by atoms with van der Waals surface area (Å²) >= 11 is 0. The Kier molecular flexibility index (Phi) is 5.75. The minimum atomic E-state index is -4.62. The van der Waals surface area contributed by atoms with E-state index < -0.39 is 32.6 Å². The van der Waals surface area contributed by atoms with Crippen molar-refractivity contribution in [2.75, 3.05) is 13.6 Å². The summed E-state index contributed by atoms with van der Waals surface area (Å²) in [4.78, 5) is 12.1. The molecule has 1 aromatic rings. The molecule has 0 aromatic heterocycles. The second kappa shape index (κ2) is 7.30. The molecule has 140 valence electrons. The van der Waals surface area contributed by atoms with Gasteiger partial charge in [-0.25, -0.2) is 13.1 Å². The van der Waals surface area contributed by atoms with Gasteiger partial charge >= 0.3 is 12.1 Å². The van der Waals surface area contributed by atoms with Gasteiger partial charge < -0.3 is 5.11 Å². The molecule has 0 saturated carbocycles. The molecule has 2 N–H and O–H groups in total. The van der Waals surface area contributed by atoms with Gasteiger partial charge in [0.1, 0.15) is 0 Å². The van der Waals surface area contributed by atoms with Gasteiger partial charge in [0.05, 0.1) is 16.9 Å². The molecule has 1 heterocycles. The quantitative estimate of drug-likeness (QED) is 0.788. The third-order valence-electron chi connectivity index (χ3n) is 4.38. The fourth-order valence-electron chi connectivity index (χ4n) is 2.91. The number of carbonyl (C=O) groups is 1. The zero-order valence-electron chi connectivity index (χ0n) is 13.5. The predicted octanol–water partition coefficient (Wildman–Crippen LogP) is 1.92. The summed E-state index contributed by atoms with van der Waals surface area (Å²) in [7, 11) is -2.38.